The predicted octanol–water partition coefficient (Wildman–Crippen LogP) is 11.2. The first-order chi connectivity index (χ1) is 23.3. The average Bonchev–Trinajstić information content (AvgIpc) is 3.73. The Morgan fingerprint density at radius 3 is 1.79 bits per heavy atom. The van der Waals surface area contributed by atoms with Gasteiger partial charge in [0.05, 0.1) is 16.7 Å². The summed E-state index contributed by atoms with van der Waals surface area (Å²) in [4.78, 5) is 7.19. The number of benzene rings is 6. The number of hydrogen-bond acceptors (Lipinski definition) is 2. The lowest BCUT2D eigenvalue weighted by Gasteiger charge is -2.26. The third-order valence-corrected chi connectivity index (χ3v) is 8.95. The van der Waals surface area contributed by atoms with Crippen molar-refractivity contribution in [3.8, 4) is 28.1 Å². The predicted molar refractivity (Wildman–Crippen MR) is 195 cm³/mol. The highest BCUT2D eigenvalue weighted by Gasteiger charge is 2.18. The molecule has 0 aliphatic carbocycles. The molecular formula is C43H30N4. The van der Waals surface area contributed by atoms with E-state index in [0.29, 0.717) is 0 Å². The standard InChI is InChI=1S/C43H30N4/c1-3-11-31(12-4-1)32-18-22-35(23-19-32)46(36-24-20-33(21-25-36)40-30-45-28-10-9-17-43(45)44-40)37-26-27-42-39(29-37)38-15-7-8-16-41(38)47(42)34-13-5-2-6-14-34/h1-30H. The molecule has 3 heterocycles. The molecule has 0 atom stereocenters. The summed E-state index contributed by atoms with van der Waals surface area (Å²) in [5.74, 6) is 0. The van der Waals surface area contributed by atoms with Crippen LogP contribution in [0, 0.1) is 0 Å². The summed E-state index contributed by atoms with van der Waals surface area (Å²) >= 11 is 0. The van der Waals surface area contributed by atoms with Gasteiger partial charge in [-0.25, -0.2) is 4.98 Å². The highest BCUT2D eigenvalue weighted by Crippen LogP contribution is 2.40. The fraction of sp³-hybridized carbons (Fsp3) is 0. The molecule has 6 aromatic carbocycles. The Bertz CT molecular complexity index is 2460. The van der Waals surface area contributed by atoms with Crippen molar-refractivity contribution in [2.75, 3.05) is 4.90 Å². The number of rotatable bonds is 6. The van der Waals surface area contributed by atoms with E-state index in [4.69, 9.17) is 4.98 Å². The van der Waals surface area contributed by atoms with E-state index in [0.717, 1.165) is 39.7 Å². The zero-order valence-corrected chi connectivity index (χ0v) is 25.6. The van der Waals surface area contributed by atoms with Crippen molar-refractivity contribution in [2.45, 2.75) is 0 Å². The number of nitrogens with zero attached hydrogens (tertiary/aromatic N) is 4. The van der Waals surface area contributed by atoms with Gasteiger partial charge in [0.25, 0.3) is 0 Å². The molecule has 0 aliphatic rings. The number of hydrogen-bond donors (Lipinski definition) is 0. The number of aromatic nitrogens is 3. The molecule has 3 aromatic heterocycles. The van der Waals surface area contributed by atoms with Crippen molar-refractivity contribution >= 4 is 44.5 Å². The lowest BCUT2D eigenvalue weighted by Crippen LogP contribution is -2.10. The van der Waals surface area contributed by atoms with Crippen molar-refractivity contribution in [1.82, 2.24) is 14.0 Å². The van der Waals surface area contributed by atoms with E-state index in [9.17, 15) is 0 Å². The zero-order chi connectivity index (χ0) is 31.2. The molecule has 47 heavy (non-hydrogen) atoms. The Hall–Kier alpha value is -6.39. The molecular weight excluding hydrogens is 573 g/mol. The second-order valence-electron chi connectivity index (χ2n) is 11.8. The van der Waals surface area contributed by atoms with E-state index >= 15 is 0 Å². The molecule has 0 radical (unpaired) electrons. The van der Waals surface area contributed by atoms with Crippen LogP contribution in [0.1, 0.15) is 0 Å². The van der Waals surface area contributed by atoms with Crippen LogP contribution in [-0.2, 0) is 0 Å². The Morgan fingerprint density at radius 2 is 1.04 bits per heavy atom. The van der Waals surface area contributed by atoms with E-state index in [-0.39, 0.29) is 0 Å². The quantitative estimate of drug-likeness (QED) is 0.189. The molecule has 9 aromatic rings. The molecule has 0 fully saturated rings. The molecule has 0 aliphatic heterocycles. The van der Waals surface area contributed by atoms with E-state index < -0.39 is 0 Å². The Kier molecular flexibility index (Phi) is 6.43. The monoisotopic (exact) mass is 602 g/mol. The van der Waals surface area contributed by atoms with Crippen LogP contribution in [-0.4, -0.2) is 14.0 Å². The minimum absolute atomic E-state index is 0.940. The van der Waals surface area contributed by atoms with Gasteiger partial charge in [0, 0.05) is 51.5 Å². The van der Waals surface area contributed by atoms with Crippen molar-refractivity contribution < 1.29 is 0 Å². The van der Waals surface area contributed by atoms with Gasteiger partial charge in [-0.15, -0.1) is 0 Å². The lowest BCUT2D eigenvalue weighted by atomic mass is 10.0. The molecule has 0 unspecified atom stereocenters. The molecule has 0 amide bonds. The second-order valence-corrected chi connectivity index (χ2v) is 11.8. The van der Waals surface area contributed by atoms with Gasteiger partial charge in [0.1, 0.15) is 5.65 Å². The van der Waals surface area contributed by atoms with Gasteiger partial charge in [0.15, 0.2) is 0 Å². The Morgan fingerprint density at radius 1 is 0.447 bits per heavy atom. The van der Waals surface area contributed by atoms with E-state index in [2.05, 4.69) is 172 Å². The molecule has 0 bridgehead atoms. The first kappa shape index (κ1) is 27.0. The summed E-state index contributed by atoms with van der Waals surface area (Å²) < 4.78 is 4.42. The maximum Gasteiger partial charge on any atom is 0.137 e. The van der Waals surface area contributed by atoms with Crippen molar-refractivity contribution in [3.05, 3.63) is 182 Å². The largest absolute Gasteiger partial charge is 0.310 e. The van der Waals surface area contributed by atoms with Crippen molar-refractivity contribution in [2.24, 2.45) is 0 Å². The Labute approximate surface area is 273 Å². The van der Waals surface area contributed by atoms with E-state index in [1.165, 1.54) is 32.9 Å². The molecule has 9 rings (SSSR count). The highest BCUT2D eigenvalue weighted by atomic mass is 15.1. The average molecular weight is 603 g/mol. The highest BCUT2D eigenvalue weighted by molar-refractivity contribution is 6.10. The minimum Gasteiger partial charge on any atom is -0.310 e. The topological polar surface area (TPSA) is 25.5 Å². The maximum absolute atomic E-state index is 4.85. The van der Waals surface area contributed by atoms with Gasteiger partial charge < -0.3 is 13.9 Å². The molecule has 0 N–H and O–H groups in total. The van der Waals surface area contributed by atoms with Gasteiger partial charge in [0.2, 0.25) is 0 Å². The van der Waals surface area contributed by atoms with Crippen LogP contribution >= 0.6 is 0 Å². The van der Waals surface area contributed by atoms with E-state index in [1.54, 1.807) is 0 Å². The molecule has 0 saturated carbocycles. The van der Waals surface area contributed by atoms with Crippen LogP contribution in [0.25, 0.3) is 55.5 Å². The van der Waals surface area contributed by atoms with Crippen LogP contribution in [0.2, 0.25) is 0 Å². The first-order valence-electron chi connectivity index (χ1n) is 15.9. The van der Waals surface area contributed by atoms with Crippen molar-refractivity contribution in [1.29, 1.82) is 0 Å². The third kappa shape index (κ3) is 4.75. The van der Waals surface area contributed by atoms with Crippen LogP contribution in [0.15, 0.2) is 182 Å². The number of pyridine rings is 1. The minimum atomic E-state index is 0.940. The second kappa shape index (κ2) is 11.2. The maximum atomic E-state index is 4.85. The number of imidazole rings is 1. The van der Waals surface area contributed by atoms with E-state index in [1.807, 2.05) is 24.4 Å². The third-order valence-electron chi connectivity index (χ3n) is 8.95. The normalized spacial score (nSPS) is 11.4. The summed E-state index contributed by atoms with van der Waals surface area (Å²) in [5.41, 5.74) is 12.2. The first-order valence-corrected chi connectivity index (χ1v) is 15.9. The van der Waals surface area contributed by atoms with Crippen LogP contribution in [0.5, 0.6) is 0 Å². The molecule has 0 saturated heterocycles. The Balaban J connectivity index is 1.19. The molecule has 4 nitrogen and oxygen atoms in total. The molecule has 4 heteroatoms. The SMILES string of the molecule is c1ccc(-c2ccc(N(c3ccc(-c4cn5ccccc5n4)cc3)c3ccc4c(c3)c3ccccc3n4-c3ccccc3)cc2)cc1. The molecule has 222 valence electrons. The number of anilines is 3. The van der Waals surface area contributed by atoms with Gasteiger partial charge in [-0.3, -0.25) is 0 Å². The fourth-order valence-corrected chi connectivity index (χ4v) is 6.69. The van der Waals surface area contributed by atoms with Crippen LogP contribution in [0.4, 0.5) is 17.1 Å². The molecule has 0 spiro atoms. The summed E-state index contributed by atoms with van der Waals surface area (Å²) in [6, 6.07) is 60.3. The summed E-state index contributed by atoms with van der Waals surface area (Å²) in [6.45, 7) is 0. The number of para-hydroxylation sites is 2. The van der Waals surface area contributed by atoms with Crippen LogP contribution < -0.4 is 4.90 Å². The van der Waals surface area contributed by atoms with Gasteiger partial charge in [-0.1, -0.05) is 97.1 Å². The van der Waals surface area contributed by atoms with Gasteiger partial charge in [-0.05, 0) is 83.9 Å². The summed E-state index contributed by atoms with van der Waals surface area (Å²) in [6.07, 6.45) is 4.12. The van der Waals surface area contributed by atoms with Gasteiger partial charge in [-0.2, -0.15) is 0 Å². The van der Waals surface area contributed by atoms with Gasteiger partial charge >= 0.3 is 0 Å². The zero-order valence-electron chi connectivity index (χ0n) is 25.6. The summed E-state index contributed by atoms with van der Waals surface area (Å²) in [5, 5.41) is 2.45. The lowest BCUT2D eigenvalue weighted by molar-refractivity contribution is 1.18. The van der Waals surface area contributed by atoms with Crippen LogP contribution in [0.3, 0.4) is 0 Å². The van der Waals surface area contributed by atoms with Crippen molar-refractivity contribution in [3.63, 3.8) is 0 Å². The summed E-state index contributed by atoms with van der Waals surface area (Å²) in [7, 11) is 0. The fourth-order valence-electron chi connectivity index (χ4n) is 6.69. The number of fused-ring (bicyclic) bond motifs is 4. The smallest absolute Gasteiger partial charge is 0.137 e.